The number of aromatic nitrogens is 1. The number of nitrogens with zero attached hydrogens (tertiary/aromatic N) is 1. The standard InChI is InChI=1S/C15H24N2O/c1-4-13-8-12(10-16-11(2)3)9-15(17-13)18-14-6-5-7-14/h8-9,11,14,16H,4-7,10H2,1-3H3. The SMILES string of the molecule is CCc1cc(CNC(C)C)cc(OC2CCC2)n1. The molecule has 0 radical (unpaired) electrons. The molecule has 1 aliphatic rings. The molecule has 1 fully saturated rings. The molecule has 1 aromatic rings. The highest BCUT2D eigenvalue weighted by molar-refractivity contribution is 5.25. The van der Waals surface area contributed by atoms with Gasteiger partial charge in [0.25, 0.3) is 0 Å². The van der Waals surface area contributed by atoms with Crippen LogP contribution in [0, 0.1) is 0 Å². The lowest BCUT2D eigenvalue weighted by atomic mass is 9.96. The Kier molecular flexibility index (Phi) is 4.59. The van der Waals surface area contributed by atoms with Crippen molar-refractivity contribution in [1.29, 1.82) is 0 Å². The maximum Gasteiger partial charge on any atom is 0.214 e. The van der Waals surface area contributed by atoms with E-state index in [1.165, 1.54) is 24.8 Å². The minimum Gasteiger partial charge on any atom is -0.474 e. The highest BCUT2D eigenvalue weighted by atomic mass is 16.5. The average Bonchev–Trinajstić information content (AvgIpc) is 2.31. The number of pyridine rings is 1. The molecule has 0 aliphatic heterocycles. The molecular weight excluding hydrogens is 224 g/mol. The summed E-state index contributed by atoms with van der Waals surface area (Å²) in [6.07, 6.45) is 5.00. The van der Waals surface area contributed by atoms with Gasteiger partial charge in [-0.2, -0.15) is 0 Å². The quantitative estimate of drug-likeness (QED) is 0.840. The Morgan fingerprint density at radius 2 is 2.17 bits per heavy atom. The van der Waals surface area contributed by atoms with Crippen molar-refractivity contribution in [2.45, 2.75) is 65.1 Å². The molecule has 100 valence electrons. The fourth-order valence-corrected chi connectivity index (χ4v) is 1.95. The minimum atomic E-state index is 0.399. The van der Waals surface area contributed by atoms with E-state index in [4.69, 9.17) is 4.74 Å². The molecule has 0 saturated heterocycles. The second kappa shape index (κ2) is 6.19. The number of nitrogens with one attached hydrogen (secondary N) is 1. The minimum absolute atomic E-state index is 0.399. The Labute approximate surface area is 110 Å². The number of hydrogen-bond donors (Lipinski definition) is 1. The van der Waals surface area contributed by atoms with Crippen LogP contribution in [0.4, 0.5) is 0 Å². The lowest BCUT2D eigenvalue weighted by Gasteiger charge is -2.26. The van der Waals surface area contributed by atoms with Crippen LogP contribution in [-0.4, -0.2) is 17.1 Å². The summed E-state index contributed by atoms with van der Waals surface area (Å²) in [6.45, 7) is 7.34. The van der Waals surface area contributed by atoms with Crippen LogP contribution in [-0.2, 0) is 13.0 Å². The van der Waals surface area contributed by atoms with Crippen LogP contribution < -0.4 is 10.1 Å². The van der Waals surface area contributed by atoms with Gasteiger partial charge in [0.2, 0.25) is 5.88 Å². The molecule has 3 nitrogen and oxygen atoms in total. The van der Waals surface area contributed by atoms with E-state index in [-0.39, 0.29) is 0 Å². The van der Waals surface area contributed by atoms with Gasteiger partial charge in [-0.05, 0) is 37.3 Å². The van der Waals surface area contributed by atoms with Crippen molar-refractivity contribution in [3.05, 3.63) is 23.4 Å². The van der Waals surface area contributed by atoms with Gasteiger partial charge in [0, 0.05) is 24.3 Å². The molecule has 2 rings (SSSR count). The Bertz CT molecular complexity index is 386. The highest BCUT2D eigenvalue weighted by Crippen LogP contribution is 2.25. The van der Waals surface area contributed by atoms with E-state index in [0.29, 0.717) is 12.1 Å². The van der Waals surface area contributed by atoms with Crippen molar-refractivity contribution in [1.82, 2.24) is 10.3 Å². The van der Waals surface area contributed by atoms with E-state index < -0.39 is 0 Å². The highest BCUT2D eigenvalue weighted by Gasteiger charge is 2.19. The van der Waals surface area contributed by atoms with Crippen LogP contribution in [0.25, 0.3) is 0 Å². The summed E-state index contributed by atoms with van der Waals surface area (Å²) in [6, 6.07) is 4.75. The molecule has 3 heteroatoms. The summed E-state index contributed by atoms with van der Waals surface area (Å²) in [5.74, 6) is 0.805. The molecule has 1 N–H and O–H groups in total. The van der Waals surface area contributed by atoms with Crippen molar-refractivity contribution in [2.75, 3.05) is 0 Å². The monoisotopic (exact) mass is 248 g/mol. The van der Waals surface area contributed by atoms with E-state index in [1.807, 2.05) is 0 Å². The largest absolute Gasteiger partial charge is 0.474 e. The Morgan fingerprint density at radius 3 is 2.72 bits per heavy atom. The fraction of sp³-hybridized carbons (Fsp3) is 0.667. The van der Waals surface area contributed by atoms with Crippen molar-refractivity contribution in [3.63, 3.8) is 0 Å². The van der Waals surface area contributed by atoms with Gasteiger partial charge >= 0.3 is 0 Å². The molecular formula is C15H24N2O. The van der Waals surface area contributed by atoms with Gasteiger partial charge in [-0.1, -0.05) is 20.8 Å². The van der Waals surface area contributed by atoms with Crippen molar-refractivity contribution in [2.24, 2.45) is 0 Å². The third-order valence-corrected chi connectivity index (χ3v) is 3.33. The second-order valence-electron chi connectivity index (χ2n) is 5.36. The summed E-state index contributed by atoms with van der Waals surface area (Å²) >= 11 is 0. The average molecular weight is 248 g/mol. The van der Waals surface area contributed by atoms with E-state index >= 15 is 0 Å². The number of aryl methyl sites for hydroxylation is 1. The maximum atomic E-state index is 5.90. The third kappa shape index (κ3) is 3.70. The van der Waals surface area contributed by atoms with Crippen LogP contribution in [0.1, 0.15) is 51.3 Å². The summed E-state index contributed by atoms with van der Waals surface area (Å²) in [7, 11) is 0. The summed E-state index contributed by atoms with van der Waals surface area (Å²) in [5, 5.41) is 3.44. The molecule has 1 aliphatic carbocycles. The molecule has 0 spiro atoms. The maximum absolute atomic E-state index is 5.90. The van der Waals surface area contributed by atoms with Gasteiger partial charge in [-0.15, -0.1) is 0 Å². The molecule has 0 aromatic carbocycles. The Morgan fingerprint density at radius 1 is 1.39 bits per heavy atom. The van der Waals surface area contributed by atoms with Gasteiger partial charge < -0.3 is 10.1 Å². The summed E-state index contributed by atoms with van der Waals surface area (Å²) in [5.41, 5.74) is 2.39. The molecule has 1 saturated carbocycles. The van der Waals surface area contributed by atoms with Crippen molar-refractivity contribution >= 4 is 0 Å². The van der Waals surface area contributed by atoms with Crippen LogP contribution in [0.15, 0.2) is 12.1 Å². The summed E-state index contributed by atoms with van der Waals surface area (Å²) < 4.78 is 5.90. The molecule has 18 heavy (non-hydrogen) atoms. The van der Waals surface area contributed by atoms with E-state index in [0.717, 1.165) is 24.5 Å². The molecule has 0 atom stereocenters. The van der Waals surface area contributed by atoms with E-state index in [2.05, 4.69) is 43.2 Å². The van der Waals surface area contributed by atoms with Crippen LogP contribution in [0.3, 0.4) is 0 Å². The van der Waals surface area contributed by atoms with Crippen LogP contribution in [0.2, 0.25) is 0 Å². The first-order chi connectivity index (χ1) is 8.67. The first kappa shape index (κ1) is 13.3. The zero-order valence-corrected chi connectivity index (χ0v) is 11.7. The van der Waals surface area contributed by atoms with Crippen LogP contribution >= 0.6 is 0 Å². The normalized spacial score (nSPS) is 15.8. The fourth-order valence-electron chi connectivity index (χ4n) is 1.95. The first-order valence-electron chi connectivity index (χ1n) is 7.07. The van der Waals surface area contributed by atoms with Gasteiger partial charge in [0.15, 0.2) is 0 Å². The lowest BCUT2D eigenvalue weighted by molar-refractivity contribution is 0.114. The predicted octanol–water partition coefficient (Wildman–Crippen LogP) is 3.07. The number of ether oxygens (including phenoxy) is 1. The number of hydrogen-bond acceptors (Lipinski definition) is 3. The van der Waals surface area contributed by atoms with Gasteiger partial charge in [0.05, 0.1) is 0 Å². The van der Waals surface area contributed by atoms with Crippen molar-refractivity contribution in [3.8, 4) is 5.88 Å². The third-order valence-electron chi connectivity index (χ3n) is 3.33. The van der Waals surface area contributed by atoms with Crippen molar-refractivity contribution < 1.29 is 4.74 Å². The first-order valence-corrected chi connectivity index (χ1v) is 7.07. The Hall–Kier alpha value is -1.09. The topological polar surface area (TPSA) is 34.1 Å². The second-order valence-corrected chi connectivity index (χ2v) is 5.36. The van der Waals surface area contributed by atoms with Gasteiger partial charge in [0.1, 0.15) is 6.10 Å². The number of rotatable bonds is 6. The summed E-state index contributed by atoms with van der Waals surface area (Å²) in [4.78, 5) is 4.55. The zero-order chi connectivity index (χ0) is 13.0. The van der Waals surface area contributed by atoms with Gasteiger partial charge in [-0.3, -0.25) is 0 Å². The Balaban J connectivity index is 2.05. The van der Waals surface area contributed by atoms with E-state index in [1.54, 1.807) is 0 Å². The molecule has 0 amide bonds. The van der Waals surface area contributed by atoms with Crippen LogP contribution in [0.5, 0.6) is 5.88 Å². The lowest BCUT2D eigenvalue weighted by Crippen LogP contribution is -2.25. The smallest absolute Gasteiger partial charge is 0.214 e. The molecule has 1 aromatic heterocycles. The zero-order valence-electron chi connectivity index (χ0n) is 11.7. The van der Waals surface area contributed by atoms with Gasteiger partial charge in [-0.25, -0.2) is 4.98 Å². The van der Waals surface area contributed by atoms with E-state index in [9.17, 15) is 0 Å². The predicted molar refractivity (Wildman–Crippen MR) is 73.9 cm³/mol. The molecule has 0 unspecified atom stereocenters. The molecule has 0 bridgehead atoms. The molecule has 1 heterocycles.